The van der Waals surface area contributed by atoms with Crippen LogP contribution in [0.5, 0.6) is 11.5 Å². The summed E-state index contributed by atoms with van der Waals surface area (Å²) < 4.78 is 19.0. The van der Waals surface area contributed by atoms with Gasteiger partial charge in [-0.2, -0.15) is 5.10 Å². The van der Waals surface area contributed by atoms with Crippen LogP contribution in [0.2, 0.25) is 0 Å². The molecule has 0 fully saturated rings. The van der Waals surface area contributed by atoms with Gasteiger partial charge in [-0.15, -0.1) is 0 Å². The van der Waals surface area contributed by atoms with Crippen molar-refractivity contribution in [3.8, 4) is 28.4 Å². The highest BCUT2D eigenvalue weighted by Gasteiger charge is 2.16. The highest BCUT2D eigenvalue weighted by Crippen LogP contribution is 2.33. The predicted molar refractivity (Wildman–Crippen MR) is 140 cm³/mol. The standard InChI is InChI=1S/C28H26N4O6/c1-31-15-7-10-22(31)28(35)29-25(33)18-38-26(34)14-12-20-17-32(21-8-5-4-6-9-21)30-27(20)19-11-13-23(36-2)24(16-19)37-3/h4-17H,18H2,1-3H3,(H,29,33,35)/b14-12+. The van der Waals surface area contributed by atoms with Crippen molar-refractivity contribution in [2.45, 2.75) is 0 Å². The van der Waals surface area contributed by atoms with Gasteiger partial charge in [-0.05, 0) is 48.5 Å². The van der Waals surface area contributed by atoms with Crippen LogP contribution in [0, 0.1) is 0 Å². The first kappa shape index (κ1) is 26.0. The van der Waals surface area contributed by atoms with Crippen LogP contribution < -0.4 is 14.8 Å². The molecule has 0 aliphatic heterocycles. The van der Waals surface area contributed by atoms with Gasteiger partial charge in [0.15, 0.2) is 18.1 Å². The zero-order valence-corrected chi connectivity index (χ0v) is 21.1. The van der Waals surface area contributed by atoms with Crippen LogP contribution in [-0.2, 0) is 21.4 Å². The van der Waals surface area contributed by atoms with Crippen molar-refractivity contribution in [1.82, 2.24) is 19.7 Å². The van der Waals surface area contributed by atoms with E-state index < -0.39 is 24.4 Å². The Morgan fingerprint density at radius 1 is 0.974 bits per heavy atom. The van der Waals surface area contributed by atoms with Gasteiger partial charge in [-0.3, -0.25) is 14.9 Å². The number of ether oxygens (including phenoxy) is 3. The minimum atomic E-state index is -0.753. The molecule has 0 spiro atoms. The number of aromatic nitrogens is 3. The summed E-state index contributed by atoms with van der Waals surface area (Å²) in [5.41, 5.74) is 3.09. The number of rotatable bonds is 9. The number of aryl methyl sites for hydroxylation is 1. The molecule has 4 aromatic rings. The average molecular weight is 515 g/mol. The highest BCUT2D eigenvalue weighted by molar-refractivity contribution is 6.04. The van der Waals surface area contributed by atoms with E-state index in [0.717, 1.165) is 11.3 Å². The lowest BCUT2D eigenvalue weighted by atomic mass is 10.1. The van der Waals surface area contributed by atoms with Crippen LogP contribution in [-0.4, -0.2) is 53.0 Å². The zero-order valence-electron chi connectivity index (χ0n) is 21.1. The Bertz CT molecular complexity index is 1490. The van der Waals surface area contributed by atoms with Gasteiger partial charge in [0, 0.05) is 36.6 Å². The van der Waals surface area contributed by atoms with E-state index in [1.165, 1.54) is 6.08 Å². The van der Waals surface area contributed by atoms with Crippen LogP contribution >= 0.6 is 0 Å². The maximum atomic E-state index is 12.4. The fourth-order valence-corrected chi connectivity index (χ4v) is 3.70. The lowest BCUT2D eigenvalue weighted by molar-refractivity contribution is -0.143. The fraction of sp³-hybridized carbons (Fsp3) is 0.143. The number of hydrogen-bond donors (Lipinski definition) is 1. The highest BCUT2D eigenvalue weighted by atomic mass is 16.5. The van der Waals surface area contributed by atoms with Gasteiger partial charge in [0.05, 0.1) is 19.9 Å². The van der Waals surface area contributed by atoms with Crippen LogP contribution in [0.3, 0.4) is 0 Å². The van der Waals surface area contributed by atoms with Crippen molar-refractivity contribution in [1.29, 1.82) is 0 Å². The van der Waals surface area contributed by atoms with Crippen molar-refractivity contribution in [2.75, 3.05) is 20.8 Å². The first-order chi connectivity index (χ1) is 18.4. The van der Waals surface area contributed by atoms with Gasteiger partial charge in [0.2, 0.25) is 0 Å². The summed E-state index contributed by atoms with van der Waals surface area (Å²) >= 11 is 0. The number of hydrogen-bond acceptors (Lipinski definition) is 7. The van der Waals surface area contributed by atoms with Crippen LogP contribution in [0.25, 0.3) is 23.0 Å². The van der Waals surface area contributed by atoms with E-state index in [9.17, 15) is 14.4 Å². The van der Waals surface area contributed by atoms with E-state index in [-0.39, 0.29) is 0 Å². The molecule has 0 saturated carbocycles. The molecule has 2 aromatic heterocycles. The summed E-state index contributed by atoms with van der Waals surface area (Å²) in [6, 6.07) is 18.2. The number of esters is 1. The van der Waals surface area contributed by atoms with E-state index in [2.05, 4.69) is 5.32 Å². The van der Waals surface area contributed by atoms with Gasteiger partial charge in [0.25, 0.3) is 11.8 Å². The summed E-state index contributed by atoms with van der Waals surface area (Å²) in [7, 11) is 4.78. The number of nitrogens with zero attached hydrogens (tertiary/aromatic N) is 3. The molecule has 0 bridgehead atoms. The van der Waals surface area contributed by atoms with Crippen molar-refractivity contribution in [3.63, 3.8) is 0 Å². The summed E-state index contributed by atoms with van der Waals surface area (Å²) in [4.78, 5) is 36.6. The molecular formula is C28H26N4O6. The van der Waals surface area contributed by atoms with Crippen LogP contribution in [0.1, 0.15) is 16.1 Å². The number of nitrogens with one attached hydrogen (secondary N) is 1. The largest absolute Gasteiger partial charge is 0.493 e. The second kappa shape index (κ2) is 11.7. The third-order valence-corrected chi connectivity index (χ3v) is 5.59. The van der Waals surface area contributed by atoms with Gasteiger partial charge < -0.3 is 18.8 Å². The topological polar surface area (TPSA) is 114 Å². The maximum absolute atomic E-state index is 12.4. The fourth-order valence-electron chi connectivity index (χ4n) is 3.70. The third-order valence-electron chi connectivity index (χ3n) is 5.59. The van der Waals surface area contributed by atoms with Crippen LogP contribution in [0.15, 0.2) is 79.1 Å². The quantitative estimate of drug-likeness (QED) is 0.269. The third kappa shape index (κ3) is 5.98. The van der Waals surface area contributed by atoms with E-state index in [1.807, 2.05) is 36.4 Å². The molecule has 2 heterocycles. The van der Waals surface area contributed by atoms with Gasteiger partial charge in [-0.25, -0.2) is 9.48 Å². The first-order valence-corrected chi connectivity index (χ1v) is 11.6. The summed E-state index contributed by atoms with van der Waals surface area (Å²) in [6.45, 7) is -0.606. The summed E-state index contributed by atoms with van der Waals surface area (Å²) in [5, 5.41) is 6.90. The predicted octanol–water partition coefficient (Wildman–Crippen LogP) is 3.41. The molecule has 0 aliphatic carbocycles. The molecule has 0 atom stereocenters. The van der Waals surface area contributed by atoms with E-state index >= 15 is 0 Å². The molecule has 0 aliphatic rings. The molecule has 1 N–H and O–H groups in total. The molecular weight excluding hydrogens is 488 g/mol. The van der Waals surface area contributed by atoms with Crippen molar-refractivity contribution < 1.29 is 28.6 Å². The molecule has 4 rings (SSSR count). The van der Waals surface area contributed by atoms with Crippen molar-refractivity contribution in [3.05, 3.63) is 90.4 Å². The number of carbonyl (C=O) groups excluding carboxylic acids is 3. The van der Waals surface area contributed by atoms with E-state index in [4.69, 9.17) is 19.3 Å². The summed E-state index contributed by atoms with van der Waals surface area (Å²) in [6.07, 6.45) is 6.20. The molecule has 10 nitrogen and oxygen atoms in total. The number of para-hydroxylation sites is 1. The Morgan fingerprint density at radius 2 is 1.74 bits per heavy atom. The van der Waals surface area contributed by atoms with E-state index in [0.29, 0.717) is 28.5 Å². The number of imide groups is 1. The molecule has 194 valence electrons. The van der Waals surface area contributed by atoms with Gasteiger partial charge >= 0.3 is 5.97 Å². The molecule has 38 heavy (non-hydrogen) atoms. The summed E-state index contributed by atoms with van der Waals surface area (Å²) in [5.74, 6) is -0.965. The number of benzene rings is 2. The Balaban J connectivity index is 1.51. The van der Waals surface area contributed by atoms with Crippen molar-refractivity contribution in [2.24, 2.45) is 7.05 Å². The first-order valence-electron chi connectivity index (χ1n) is 11.6. The smallest absolute Gasteiger partial charge is 0.331 e. The normalized spacial score (nSPS) is 10.8. The lowest BCUT2D eigenvalue weighted by Crippen LogP contribution is -2.34. The molecule has 2 amide bonds. The Hall–Kier alpha value is -5.12. The molecule has 0 unspecified atom stereocenters. The second-order valence-corrected chi connectivity index (χ2v) is 8.11. The Morgan fingerprint density at radius 3 is 2.42 bits per heavy atom. The van der Waals surface area contributed by atoms with Crippen LogP contribution in [0.4, 0.5) is 0 Å². The average Bonchev–Trinajstić information content (AvgIpc) is 3.57. The maximum Gasteiger partial charge on any atom is 0.331 e. The second-order valence-electron chi connectivity index (χ2n) is 8.11. The van der Waals surface area contributed by atoms with Gasteiger partial charge in [-0.1, -0.05) is 18.2 Å². The molecule has 2 aromatic carbocycles. The number of amides is 2. The zero-order chi connectivity index (χ0) is 27.1. The minimum absolute atomic E-state index is 0.308. The molecule has 0 radical (unpaired) electrons. The Kier molecular flexibility index (Phi) is 8.02. The number of carbonyl (C=O) groups is 3. The molecule has 0 saturated heterocycles. The number of methoxy groups -OCH3 is 2. The monoisotopic (exact) mass is 514 g/mol. The SMILES string of the molecule is COc1ccc(-c2nn(-c3ccccc3)cc2/C=C/C(=O)OCC(=O)NC(=O)c2cccn2C)cc1OC. The Labute approximate surface area is 219 Å². The van der Waals surface area contributed by atoms with E-state index in [1.54, 1.807) is 73.3 Å². The van der Waals surface area contributed by atoms with Crippen molar-refractivity contribution >= 4 is 23.9 Å². The molecule has 10 heteroatoms. The lowest BCUT2D eigenvalue weighted by Gasteiger charge is -2.09. The van der Waals surface area contributed by atoms with Gasteiger partial charge in [0.1, 0.15) is 11.4 Å². The minimum Gasteiger partial charge on any atom is -0.493 e.